The summed E-state index contributed by atoms with van der Waals surface area (Å²) in [6.45, 7) is 6.38. The van der Waals surface area contributed by atoms with Crippen LogP contribution in [0, 0.1) is 12.8 Å². The van der Waals surface area contributed by atoms with Crippen molar-refractivity contribution in [1.29, 1.82) is 0 Å². The van der Waals surface area contributed by atoms with Crippen LogP contribution in [-0.4, -0.2) is 44.0 Å². The lowest BCUT2D eigenvalue weighted by Gasteiger charge is -2.21. The maximum absolute atomic E-state index is 12.7. The predicted molar refractivity (Wildman–Crippen MR) is 120 cm³/mol. The van der Waals surface area contributed by atoms with Crippen molar-refractivity contribution in [2.75, 3.05) is 20.2 Å². The van der Waals surface area contributed by atoms with Gasteiger partial charge in [-0.3, -0.25) is 14.4 Å². The zero-order valence-electron chi connectivity index (χ0n) is 18.5. The molecule has 7 nitrogen and oxygen atoms in total. The molecule has 2 aromatic carbocycles. The smallest absolute Gasteiger partial charge is 0.252 e. The van der Waals surface area contributed by atoms with Crippen molar-refractivity contribution < 1.29 is 19.1 Å². The molecule has 0 aliphatic heterocycles. The van der Waals surface area contributed by atoms with Gasteiger partial charge in [-0.15, -0.1) is 0 Å². The minimum absolute atomic E-state index is 0.225. The molecule has 31 heavy (non-hydrogen) atoms. The number of amides is 3. The number of carbonyl (C=O) groups excluding carboxylic acids is 3. The first-order chi connectivity index (χ1) is 14.8. The number of methoxy groups -OCH3 is 1. The lowest BCUT2D eigenvalue weighted by Crippen LogP contribution is -2.49. The van der Waals surface area contributed by atoms with E-state index in [1.54, 1.807) is 43.5 Å². The summed E-state index contributed by atoms with van der Waals surface area (Å²) in [6.07, 6.45) is 0.516. The van der Waals surface area contributed by atoms with E-state index in [1.165, 1.54) is 0 Å². The zero-order chi connectivity index (χ0) is 22.8. The average molecular weight is 426 g/mol. The molecular weight excluding hydrogens is 394 g/mol. The highest BCUT2D eigenvalue weighted by molar-refractivity contribution is 5.98. The Kier molecular flexibility index (Phi) is 9.06. The third-order valence-corrected chi connectivity index (χ3v) is 4.78. The van der Waals surface area contributed by atoms with Crippen LogP contribution in [0.25, 0.3) is 0 Å². The number of carbonyl (C=O) groups is 3. The Balaban J connectivity index is 1.86. The van der Waals surface area contributed by atoms with Gasteiger partial charge in [0.15, 0.2) is 0 Å². The van der Waals surface area contributed by atoms with Crippen molar-refractivity contribution in [1.82, 2.24) is 16.0 Å². The van der Waals surface area contributed by atoms with Crippen LogP contribution in [0.3, 0.4) is 0 Å². The van der Waals surface area contributed by atoms with E-state index in [0.29, 0.717) is 23.3 Å². The van der Waals surface area contributed by atoms with Gasteiger partial charge in [-0.1, -0.05) is 32.0 Å². The predicted octanol–water partition coefficient (Wildman–Crippen LogP) is 2.69. The topological polar surface area (TPSA) is 96.5 Å². The number of hydrogen-bond acceptors (Lipinski definition) is 4. The summed E-state index contributed by atoms with van der Waals surface area (Å²) in [5.41, 5.74) is 1.91. The molecule has 0 aliphatic carbocycles. The first kappa shape index (κ1) is 23.9. The molecule has 0 aliphatic rings. The molecule has 0 aromatic heterocycles. The van der Waals surface area contributed by atoms with Crippen LogP contribution in [0.15, 0.2) is 48.5 Å². The molecule has 0 saturated carbocycles. The van der Waals surface area contributed by atoms with Crippen LogP contribution >= 0.6 is 0 Å². The Labute approximate surface area is 183 Å². The quantitative estimate of drug-likeness (QED) is 0.510. The lowest BCUT2D eigenvalue weighted by atomic mass is 10.0. The van der Waals surface area contributed by atoms with Crippen LogP contribution < -0.4 is 20.7 Å². The summed E-state index contributed by atoms with van der Waals surface area (Å²) in [7, 11) is 1.56. The van der Waals surface area contributed by atoms with Crippen LogP contribution in [0.5, 0.6) is 5.75 Å². The summed E-state index contributed by atoms with van der Waals surface area (Å²) in [4.78, 5) is 37.5. The molecule has 0 radical (unpaired) electrons. The number of aryl methyl sites for hydroxylation is 1. The first-order valence-electron chi connectivity index (χ1n) is 10.4. The normalized spacial score (nSPS) is 11.5. The maximum Gasteiger partial charge on any atom is 0.252 e. The van der Waals surface area contributed by atoms with Gasteiger partial charge in [0.25, 0.3) is 11.8 Å². The van der Waals surface area contributed by atoms with Crippen molar-refractivity contribution in [3.05, 3.63) is 65.2 Å². The fraction of sp³-hybridized carbons (Fsp3) is 0.375. The van der Waals surface area contributed by atoms with Crippen LogP contribution in [0.1, 0.15) is 46.5 Å². The number of nitrogens with one attached hydrogen (secondary N) is 3. The molecular formula is C24H31N3O4. The van der Waals surface area contributed by atoms with Crippen molar-refractivity contribution in [3.63, 3.8) is 0 Å². The standard InChI is InChI=1S/C24H31N3O4/c1-16(2)15-21(27-23(29)20-8-6-5-7-17(20)3)24(30)26-14-13-25-22(28)18-9-11-19(31-4)12-10-18/h5-12,16,21H,13-15H2,1-4H3,(H,25,28)(H,26,30)(H,27,29). The monoisotopic (exact) mass is 425 g/mol. The van der Waals surface area contributed by atoms with Crippen LogP contribution in [-0.2, 0) is 4.79 Å². The Hall–Kier alpha value is -3.35. The molecule has 3 N–H and O–H groups in total. The van der Waals surface area contributed by atoms with E-state index in [0.717, 1.165) is 5.56 Å². The molecule has 2 rings (SSSR count). The SMILES string of the molecule is COc1ccc(C(=O)NCCNC(=O)C(CC(C)C)NC(=O)c2ccccc2C)cc1. The molecule has 0 fully saturated rings. The molecule has 3 amide bonds. The highest BCUT2D eigenvalue weighted by atomic mass is 16.5. The highest BCUT2D eigenvalue weighted by Crippen LogP contribution is 2.11. The van der Waals surface area contributed by atoms with E-state index < -0.39 is 6.04 Å². The average Bonchev–Trinajstić information content (AvgIpc) is 2.75. The van der Waals surface area contributed by atoms with Crippen molar-refractivity contribution in [3.8, 4) is 5.75 Å². The van der Waals surface area contributed by atoms with E-state index >= 15 is 0 Å². The largest absolute Gasteiger partial charge is 0.497 e. The zero-order valence-corrected chi connectivity index (χ0v) is 18.5. The second kappa shape index (κ2) is 11.7. The number of rotatable bonds is 10. The van der Waals surface area contributed by atoms with Crippen LogP contribution in [0.4, 0.5) is 0 Å². The van der Waals surface area contributed by atoms with Gasteiger partial charge in [-0.2, -0.15) is 0 Å². The van der Waals surface area contributed by atoms with Gasteiger partial charge >= 0.3 is 0 Å². The molecule has 0 bridgehead atoms. The highest BCUT2D eigenvalue weighted by Gasteiger charge is 2.22. The molecule has 2 aromatic rings. The van der Waals surface area contributed by atoms with Gasteiger partial charge in [-0.05, 0) is 55.2 Å². The molecule has 1 atom stereocenters. The third kappa shape index (κ3) is 7.44. The van der Waals surface area contributed by atoms with E-state index in [2.05, 4.69) is 16.0 Å². The van der Waals surface area contributed by atoms with Gasteiger partial charge in [0, 0.05) is 24.2 Å². The Morgan fingerprint density at radius 1 is 0.903 bits per heavy atom. The summed E-state index contributed by atoms with van der Waals surface area (Å²) in [5, 5.41) is 8.40. The minimum atomic E-state index is -0.649. The first-order valence-corrected chi connectivity index (χ1v) is 10.4. The number of benzene rings is 2. The summed E-state index contributed by atoms with van der Waals surface area (Å²) < 4.78 is 5.08. The molecule has 1 unspecified atom stereocenters. The van der Waals surface area contributed by atoms with Gasteiger partial charge in [0.2, 0.25) is 5.91 Å². The minimum Gasteiger partial charge on any atom is -0.497 e. The molecule has 7 heteroatoms. The summed E-state index contributed by atoms with van der Waals surface area (Å²) >= 11 is 0. The molecule has 0 spiro atoms. The Morgan fingerprint density at radius 3 is 2.16 bits per heavy atom. The van der Waals surface area contributed by atoms with E-state index in [9.17, 15) is 14.4 Å². The fourth-order valence-electron chi connectivity index (χ4n) is 3.10. The van der Waals surface area contributed by atoms with Gasteiger partial charge < -0.3 is 20.7 Å². The van der Waals surface area contributed by atoms with Crippen LogP contribution in [0.2, 0.25) is 0 Å². The fourth-order valence-corrected chi connectivity index (χ4v) is 3.10. The van der Waals surface area contributed by atoms with E-state index in [1.807, 2.05) is 32.9 Å². The summed E-state index contributed by atoms with van der Waals surface area (Å²) in [5.74, 6) is 0.125. The van der Waals surface area contributed by atoms with Crippen molar-refractivity contribution in [2.24, 2.45) is 5.92 Å². The summed E-state index contributed by atoms with van der Waals surface area (Å²) in [6, 6.07) is 13.4. The van der Waals surface area contributed by atoms with E-state index in [-0.39, 0.29) is 36.7 Å². The Bertz CT molecular complexity index is 894. The van der Waals surface area contributed by atoms with Crippen molar-refractivity contribution in [2.45, 2.75) is 33.2 Å². The van der Waals surface area contributed by atoms with Gasteiger partial charge in [0.05, 0.1) is 7.11 Å². The third-order valence-electron chi connectivity index (χ3n) is 4.78. The second-order valence-corrected chi connectivity index (χ2v) is 7.75. The van der Waals surface area contributed by atoms with Gasteiger partial charge in [-0.25, -0.2) is 0 Å². The molecule has 0 heterocycles. The second-order valence-electron chi connectivity index (χ2n) is 7.75. The van der Waals surface area contributed by atoms with E-state index in [4.69, 9.17) is 4.74 Å². The van der Waals surface area contributed by atoms with Crippen molar-refractivity contribution >= 4 is 17.7 Å². The maximum atomic E-state index is 12.7. The van der Waals surface area contributed by atoms with Gasteiger partial charge in [0.1, 0.15) is 11.8 Å². The molecule has 0 saturated heterocycles. The number of ether oxygens (including phenoxy) is 1. The molecule has 166 valence electrons. The number of hydrogen-bond donors (Lipinski definition) is 3. The lowest BCUT2D eigenvalue weighted by molar-refractivity contribution is -0.123. The Morgan fingerprint density at radius 2 is 1.55 bits per heavy atom.